The number of nitrogens with one attached hydrogen (secondary N) is 1. The summed E-state index contributed by atoms with van der Waals surface area (Å²) in [5, 5.41) is 2.72. The largest absolute Gasteiger partial charge is 0.377 e. The lowest BCUT2D eigenvalue weighted by Gasteiger charge is -2.31. The minimum Gasteiger partial charge on any atom is -0.377 e. The van der Waals surface area contributed by atoms with E-state index < -0.39 is 21.5 Å². The Morgan fingerprint density at radius 1 is 1.37 bits per heavy atom. The first-order valence-corrected chi connectivity index (χ1v) is 8.56. The predicted molar refractivity (Wildman–Crippen MR) is 74.6 cm³/mol. The molecule has 1 amide bonds. The molecule has 1 heterocycles. The molecule has 19 heavy (non-hydrogen) atoms. The Bertz CT molecular complexity index is 411. The number of sulfone groups is 1. The van der Waals surface area contributed by atoms with Gasteiger partial charge in [-0.1, -0.05) is 27.7 Å². The number of amides is 1. The molecule has 1 rings (SSSR count). The molecule has 1 aliphatic rings. The van der Waals surface area contributed by atoms with E-state index in [1.807, 2.05) is 0 Å². The van der Waals surface area contributed by atoms with Crippen molar-refractivity contribution in [2.75, 3.05) is 24.7 Å². The highest BCUT2D eigenvalue weighted by Gasteiger charge is 2.37. The summed E-state index contributed by atoms with van der Waals surface area (Å²) in [5.41, 5.74) is 0.0292. The van der Waals surface area contributed by atoms with Crippen LogP contribution in [0.15, 0.2) is 0 Å². The van der Waals surface area contributed by atoms with Crippen molar-refractivity contribution in [2.45, 2.75) is 40.2 Å². The summed E-state index contributed by atoms with van der Waals surface area (Å²) in [5.74, 6) is -0.579. The van der Waals surface area contributed by atoms with Crippen molar-refractivity contribution in [1.29, 1.82) is 0 Å². The van der Waals surface area contributed by atoms with Gasteiger partial charge in [-0.3, -0.25) is 4.79 Å². The fraction of sp³-hybridized carbons (Fsp3) is 0.923. The highest BCUT2D eigenvalue weighted by atomic mass is 32.2. The topological polar surface area (TPSA) is 72.5 Å². The second-order valence-corrected chi connectivity index (χ2v) is 8.54. The van der Waals surface area contributed by atoms with E-state index in [0.717, 1.165) is 6.42 Å². The quantitative estimate of drug-likeness (QED) is 0.820. The second kappa shape index (κ2) is 6.22. The Morgan fingerprint density at radius 3 is 2.53 bits per heavy atom. The lowest BCUT2D eigenvalue weighted by Crippen LogP contribution is -2.40. The van der Waals surface area contributed by atoms with Gasteiger partial charge in [-0.15, -0.1) is 0 Å². The first-order chi connectivity index (χ1) is 8.65. The molecule has 0 aromatic rings. The first kappa shape index (κ1) is 16.4. The monoisotopic (exact) mass is 291 g/mol. The summed E-state index contributed by atoms with van der Waals surface area (Å²) in [6.45, 7) is 9.07. The van der Waals surface area contributed by atoms with E-state index in [0.29, 0.717) is 13.2 Å². The average molecular weight is 291 g/mol. The summed E-state index contributed by atoms with van der Waals surface area (Å²) >= 11 is 0. The third-order valence-electron chi connectivity index (χ3n) is 3.42. The summed E-state index contributed by atoms with van der Waals surface area (Å²) in [6.07, 6.45) is 1.01. The maximum absolute atomic E-state index is 11.6. The van der Waals surface area contributed by atoms with Gasteiger partial charge in [-0.2, -0.15) is 0 Å². The van der Waals surface area contributed by atoms with E-state index in [1.165, 1.54) is 0 Å². The van der Waals surface area contributed by atoms with E-state index in [2.05, 4.69) is 26.1 Å². The SMILES string of the molecule is CCS(=O)(=O)CC(=O)NC[C@H]1CCO[C@@H]1C(C)(C)C. The van der Waals surface area contributed by atoms with Gasteiger partial charge in [0.05, 0.1) is 6.10 Å². The van der Waals surface area contributed by atoms with Crippen LogP contribution in [-0.4, -0.2) is 45.1 Å². The molecule has 1 fully saturated rings. The molecule has 2 atom stereocenters. The van der Waals surface area contributed by atoms with Crippen LogP contribution in [0, 0.1) is 11.3 Å². The Balaban J connectivity index is 2.46. The molecule has 1 saturated heterocycles. The Labute approximate surface area is 116 Å². The summed E-state index contributed by atoms with van der Waals surface area (Å²) in [4.78, 5) is 11.6. The van der Waals surface area contributed by atoms with Gasteiger partial charge < -0.3 is 10.1 Å². The molecule has 0 aromatic heterocycles. The number of hydrogen-bond acceptors (Lipinski definition) is 4. The lowest BCUT2D eigenvalue weighted by atomic mass is 9.81. The summed E-state index contributed by atoms with van der Waals surface area (Å²) < 4.78 is 28.4. The van der Waals surface area contributed by atoms with Gasteiger partial charge in [-0.05, 0) is 11.8 Å². The van der Waals surface area contributed by atoms with Crippen molar-refractivity contribution in [3.05, 3.63) is 0 Å². The van der Waals surface area contributed by atoms with Gasteiger partial charge in [0.15, 0.2) is 9.84 Å². The van der Waals surface area contributed by atoms with Crippen molar-refractivity contribution < 1.29 is 17.9 Å². The van der Waals surface area contributed by atoms with Crippen LogP contribution in [0.2, 0.25) is 0 Å². The highest BCUT2D eigenvalue weighted by Crippen LogP contribution is 2.34. The van der Waals surface area contributed by atoms with E-state index in [4.69, 9.17) is 4.74 Å². The minimum atomic E-state index is -3.25. The van der Waals surface area contributed by atoms with Crippen molar-refractivity contribution in [2.24, 2.45) is 11.3 Å². The van der Waals surface area contributed by atoms with Crippen LogP contribution in [0.5, 0.6) is 0 Å². The first-order valence-electron chi connectivity index (χ1n) is 6.74. The zero-order chi connectivity index (χ0) is 14.7. The van der Waals surface area contributed by atoms with Crippen molar-refractivity contribution in [1.82, 2.24) is 5.32 Å². The molecule has 0 spiro atoms. The van der Waals surface area contributed by atoms with Crippen LogP contribution >= 0.6 is 0 Å². The Morgan fingerprint density at radius 2 is 2.00 bits per heavy atom. The van der Waals surface area contributed by atoms with E-state index in [1.54, 1.807) is 6.92 Å². The second-order valence-electron chi connectivity index (χ2n) is 6.19. The van der Waals surface area contributed by atoms with Gasteiger partial charge in [0.1, 0.15) is 5.75 Å². The van der Waals surface area contributed by atoms with E-state index in [-0.39, 0.29) is 23.2 Å². The fourth-order valence-corrected chi connectivity index (χ4v) is 3.10. The van der Waals surface area contributed by atoms with Crippen LogP contribution < -0.4 is 5.32 Å². The normalized spacial score (nSPS) is 24.4. The zero-order valence-corrected chi connectivity index (χ0v) is 13.0. The minimum absolute atomic E-state index is 0.00240. The van der Waals surface area contributed by atoms with Crippen LogP contribution in [0.25, 0.3) is 0 Å². The van der Waals surface area contributed by atoms with Crippen LogP contribution in [0.4, 0.5) is 0 Å². The van der Waals surface area contributed by atoms with Crippen molar-refractivity contribution in [3.63, 3.8) is 0 Å². The Kier molecular flexibility index (Phi) is 5.38. The van der Waals surface area contributed by atoms with Crippen molar-refractivity contribution >= 4 is 15.7 Å². The molecule has 112 valence electrons. The van der Waals surface area contributed by atoms with Gasteiger partial charge in [-0.25, -0.2) is 8.42 Å². The molecule has 0 aromatic carbocycles. The smallest absolute Gasteiger partial charge is 0.235 e. The van der Waals surface area contributed by atoms with Crippen LogP contribution in [-0.2, 0) is 19.4 Å². The summed E-state index contributed by atoms with van der Waals surface area (Å²) in [6, 6.07) is 0. The number of hydrogen-bond donors (Lipinski definition) is 1. The fourth-order valence-electron chi connectivity index (χ4n) is 2.40. The molecule has 0 radical (unpaired) electrons. The van der Waals surface area contributed by atoms with Crippen LogP contribution in [0.1, 0.15) is 34.1 Å². The standard InChI is InChI=1S/C13H25NO4S/c1-5-19(16,17)9-11(15)14-8-10-6-7-18-12(10)13(2,3)4/h10,12H,5-9H2,1-4H3,(H,14,15)/t10-,12+/m1/s1. The third-order valence-corrected chi connectivity index (χ3v) is 5.00. The molecule has 1 N–H and O–H groups in total. The van der Waals surface area contributed by atoms with Crippen molar-refractivity contribution in [3.8, 4) is 0 Å². The third kappa shape index (κ3) is 5.10. The van der Waals surface area contributed by atoms with Gasteiger partial charge in [0, 0.05) is 24.8 Å². The van der Waals surface area contributed by atoms with Gasteiger partial charge in [0.25, 0.3) is 0 Å². The molecule has 0 aliphatic carbocycles. The van der Waals surface area contributed by atoms with E-state index >= 15 is 0 Å². The number of carbonyl (C=O) groups excluding carboxylic acids is 1. The number of rotatable bonds is 5. The lowest BCUT2D eigenvalue weighted by molar-refractivity contribution is -0.119. The molecule has 5 nitrogen and oxygen atoms in total. The Hall–Kier alpha value is -0.620. The average Bonchev–Trinajstić information content (AvgIpc) is 2.73. The molecule has 6 heteroatoms. The molecule has 0 saturated carbocycles. The number of carbonyl (C=O) groups is 1. The molecular formula is C13H25NO4S. The van der Waals surface area contributed by atoms with E-state index in [9.17, 15) is 13.2 Å². The summed E-state index contributed by atoms with van der Waals surface area (Å²) in [7, 11) is -3.25. The maximum atomic E-state index is 11.6. The van der Waals surface area contributed by atoms with Gasteiger partial charge in [0.2, 0.25) is 5.91 Å². The number of ether oxygens (including phenoxy) is 1. The zero-order valence-electron chi connectivity index (χ0n) is 12.2. The predicted octanol–water partition coefficient (Wildman–Crippen LogP) is 0.988. The molecule has 0 unspecified atom stereocenters. The molecule has 0 bridgehead atoms. The van der Waals surface area contributed by atoms with Crippen LogP contribution in [0.3, 0.4) is 0 Å². The highest BCUT2D eigenvalue weighted by molar-refractivity contribution is 7.92. The molecular weight excluding hydrogens is 266 g/mol. The maximum Gasteiger partial charge on any atom is 0.235 e. The van der Waals surface area contributed by atoms with Gasteiger partial charge >= 0.3 is 0 Å². The molecule has 1 aliphatic heterocycles.